The van der Waals surface area contributed by atoms with Crippen LogP contribution in [0.5, 0.6) is 17.2 Å². The van der Waals surface area contributed by atoms with Crippen molar-refractivity contribution >= 4 is 5.97 Å². The number of rotatable bonds is 10. The van der Waals surface area contributed by atoms with Gasteiger partial charge in [-0.25, -0.2) is 0 Å². The summed E-state index contributed by atoms with van der Waals surface area (Å²) in [6.07, 6.45) is 5.17. The highest BCUT2D eigenvalue weighted by Crippen LogP contribution is 2.34. The van der Waals surface area contributed by atoms with Crippen LogP contribution in [0.25, 0.3) is 0 Å². The Bertz CT molecular complexity index is 1050. The van der Waals surface area contributed by atoms with Gasteiger partial charge in [-0.3, -0.25) is 9.69 Å². The van der Waals surface area contributed by atoms with Crippen LogP contribution in [0.2, 0.25) is 0 Å². The summed E-state index contributed by atoms with van der Waals surface area (Å²) in [6, 6.07) is 24.1. The van der Waals surface area contributed by atoms with E-state index in [1.807, 2.05) is 67.7 Å². The van der Waals surface area contributed by atoms with Crippen LogP contribution in [0.1, 0.15) is 42.1 Å². The molecule has 3 aromatic rings. The van der Waals surface area contributed by atoms with E-state index in [4.69, 9.17) is 14.6 Å². The molecule has 1 atom stereocenters. The van der Waals surface area contributed by atoms with Crippen molar-refractivity contribution in [2.24, 2.45) is 0 Å². The lowest BCUT2D eigenvalue weighted by Gasteiger charge is -2.23. The fourth-order valence-corrected chi connectivity index (χ4v) is 4.33. The molecule has 172 valence electrons. The molecule has 0 saturated carbocycles. The Morgan fingerprint density at radius 2 is 1.67 bits per heavy atom. The van der Waals surface area contributed by atoms with E-state index in [1.54, 1.807) is 4.90 Å². The van der Waals surface area contributed by atoms with Crippen LogP contribution in [0, 0.1) is 0 Å². The van der Waals surface area contributed by atoms with Crippen LogP contribution in [0.3, 0.4) is 0 Å². The van der Waals surface area contributed by atoms with E-state index in [1.165, 1.54) is 24.0 Å². The number of fused-ring (bicyclic) bond motifs is 1. The molecule has 1 N–H and O–H groups in total. The monoisotopic (exact) mass is 445 g/mol. The highest BCUT2D eigenvalue weighted by Gasteiger charge is 2.17. The maximum absolute atomic E-state index is 11.0. The normalized spacial score (nSPS) is 13.9. The number of likely N-dealkylation sites (N-methyl/N-ethyl adjacent to an activating group) is 1. The van der Waals surface area contributed by atoms with Crippen molar-refractivity contribution in [3.63, 3.8) is 0 Å². The van der Waals surface area contributed by atoms with Crippen LogP contribution >= 0.6 is 0 Å². The molecule has 1 aliphatic rings. The average Bonchev–Trinajstić information content (AvgIpc) is 2.83. The average molecular weight is 446 g/mol. The molecule has 0 amide bonds. The number of benzene rings is 3. The number of carbonyl (C=O) groups is 1. The van der Waals surface area contributed by atoms with Crippen LogP contribution < -0.4 is 9.47 Å². The lowest BCUT2D eigenvalue weighted by molar-refractivity contribution is -0.138. The summed E-state index contributed by atoms with van der Waals surface area (Å²) >= 11 is 0. The van der Waals surface area contributed by atoms with Gasteiger partial charge in [-0.2, -0.15) is 0 Å². The van der Waals surface area contributed by atoms with Gasteiger partial charge in [0.1, 0.15) is 23.4 Å². The molecule has 0 aliphatic heterocycles. The molecule has 0 spiro atoms. The summed E-state index contributed by atoms with van der Waals surface area (Å²) in [7, 11) is 1.81. The number of aliphatic carboxylic acids is 1. The molecule has 3 aromatic carbocycles. The third-order valence-electron chi connectivity index (χ3n) is 6.03. The van der Waals surface area contributed by atoms with Gasteiger partial charge in [-0.15, -0.1) is 0 Å². The number of ether oxygens (including phenoxy) is 2. The Morgan fingerprint density at radius 1 is 0.939 bits per heavy atom. The van der Waals surface area contributed by atoms with Gasteiger partial charge in [-0.05, 0) is 79.8 Å². The molecule has 1 unspecified atom stereocenters. The van der Waals surface area contributed by atoms with Crippen LogP contribution in [0.15, 0.2) is 72.8 Å². The minimum Gasteiger partial charge on any atom is -0.486 e. The quantitative estimate of drug-likeness (QED) is 0.422. The summed E-state index contributed by atoms with van der Waals surface area (Å²) in [6.45, 7) is 0.628. The Labute approximate surface area is 195 Å². The molecule has 0 aromatic heterocycles. The number of hydrogen-bond donors (Lipinski definition) is 1. The minimum absolute atomic E-state index is 0.0106. The number of nitrogens with zero attached hydrogens (tertiary/aromatic N) is 1. The first kappa shape index (κ1) is 22.9. The maximum atomic E-state index is 11.0. The van der Waals surface area contributed by atoms with Crippen molar-refractivity contribution in [3.05, 3.63) is 89.5 Å². The zero-order valence-corrected chi connectivity index (χ0v) is 19.1. The summed E-state index contributed by atoms with van der Waals surface area (Å²) in [4.78, 5) is 12.8. The Morgan fingerprint density at radius 3 is 2.42 bits per heavy atom. The maximum Gasteiger partial charge on any atom is 0.317 e. The first-order chi connectivity index (χ1) is 16.1. The SMILES string of the molecule is CN(CCC(Oc1ccc(Oc2cccc3c2CCCC3)cc1)c1ccccc1)CC(=O)O. The Kier molecular flexibility index (Phi) is 7.63. The Balaban J connectivity index is 1.43. The second-order valence-corrected chi connectivity index (χ2v) is 8.61. The van der Waals surface area contributed by atoms with Crippen molar-refractivity contribution in [2.45, 2.75) is 38.2 Å². The molecule has 0 saturated heterocycles. The predicted molar refractivity (Wildman–Crippen MR) is 129 cm³/mol. The first-order valence-corrected chi connectivity index (χ1v) is 11.6. The van der Waals surface area contributed by atoms with Gasteiger partial charge >= 0.3 is 5.97 Å². The van der Waals surface area contributed by atoms with E-state index >= 15 is 0 Å². The van der Waals surface area contributed by atoms with E-state index in [-0.39, 0.29) is 12.6 Å². The molecule has 0 bridgehead atoms. The summed E-state index contributed by atoms with van der Waals surface area (Å²) in [5, 5.41) is 9.01. The van der Waals surface area contributed by atoms with Crippen molar-refractivity contribution < 1.29 is 19.4 Å². The summed E-state index contributed by atoms with van der Waals surface area (Å²) < 4.78 is 12.5. The molecule has 5 nitrogen and oxygen atoms in total. The standard InChI is InChI=1S/C28H31NO4/c1-29(20-28(30)31)19-18-26(22-9-3-2-4-10-22)32-23-14-16-24(17-15-23)33-27-13-7-11-21-8-5-6-12-25(21)27/h2-4,7,9-11,13-17,26H,5-6,8,12,18-20H2,1H3,(H,30,31). The molecule has 4 rings (SSSR count). The molecule has 0 radical (unpaired) electrons. The van der Waals surface area contributed by atoms with Gasteiger partial charge < -0.3 is 14.6 Å². The number of hydrogen-bond acceptors (Lipinski definition) is 4. The summed E-state index contributed by atoms with van der Waals surface area (Å²) in [5.41, 5.74) is 3.80. The van der Waals surface area contributed by atoms with E-state index in [9.17, 15) is 4.79 Å². The number of carboxylic acid groups (broad SMARTS) is 1. The second-order valence-electron chi connectivity index (χ2n) is 8.61. The minimum atomic E-state index is -0.829. The van der Waals surface area contributed by atoms with Crippen molar-refractivity contribution in [2.75, 3.05) is 20.1 Å². The highest BCUT2D eigenvalue weighted by atomic mass is 16.5. The second kappa shape index (κ2) is 11.0. The third-order valence-corrected chi connectivity index (χ3v) is 6.03. The number of carboxylic acids is 1. The zero-order valence-electron chi connectivity index (χ0n) is 19.1. The van der Waals surface area contributed by atoms with Crippen LogP contribution in [-0.4, -0.2) is 36.1 Å². The fourth-order valence-electron chi connectivity index (χ4n) is 4.33. The predicted octanol–water partition coefficient (Wildman–Crippen LogP) is 5.88. The summed E-state index contributed by atoms with van der Waals surface area (Å²) in [5.74, 6) is 1.67. The topological polar surface area (TPSA) is 59.0 Å². The van der Waals surface area contributed by atoms with Gasteiger partial charge in [0.05, 0.1) is 6.54 Å². The molecular weight excluding hydrogens is 414 g/mol. The lowest BCUT2D eigenvalue weighted by Crippen LogP contribution is -2.28. The molecule has 0 heterocycles. The zero-order chi connectivity index (χ0) is 23.0. The van der Waals surface area contributed by atoms with Crippen LogP contribution in [0.4, 0.5) is 0 Å². The van der Waals surface area contributed by atoms with E-state index < -0.39 is 5.97 Å². The third kappa shape index (κ3) is 6.36. The molecule has 0 fully saturated rings. The molecule has 5 heteroatoms. The number of aryl methyl sites for hydroxylation is 1. The van der Waals surface area contributed by atoms with E-state index in [2.05, 4.69) is 12.1 Å². The van der Waals surface area contributed by atoms with Gasteiger partial charge in [0.25, 0.3) is 0 Å². The van der Waals surface area contributed by atoms with Gasteiger partial charge in [0.2, 0.25) is 0 Å². The molecule has 1 aliphatic carbocycles. The molecular formula is C28H31NO4. The Hall–Kier alpha value is -3.31. The van der Waals surface area contributed by atoms with Crippen molar-refractivity contribution in [1.82, 2.24) is 4.90 Å². The van der Waals surface area contributed by atoms with Gasteiger partial charge in [-0.1, -0.05) is 42.5 Å². The van der Waals surface area contributed by atoms with Gasteiger partial charge in [0, 0.05) is 13.0 Å². The van der Waals surface area contributed by atoms with Gasteiger partial charge in [0.15, 0.2) is 0 Å². The molecule has 33 heavy (non-hydrogen) atoms. The van der Waals surface area contributed by atoms with E-state index in [0.717, 1.165) is 35.7 Å². The van der Waals surface area contributed by atoms with Crippen molar-refractivity contribution in [1.29, 1.82) is 0 Å². The van der Waals surface area contributed by atoms with Crippen LogP contribution in [-0.2, 0) is 17.6 Å². The van der Waals surface area contributed by atoms with E-state index in [0.29, 0.717) is 13.0 Å². The fraction of sp³-hybridized carbons (Fsp3) is 0.321. The largest absolute Gasteiger partial charge is 0.486 e. The lowest BCUT2D eigenvalue weighted by atomic mass is 9.91. The van der Waals surface area contributed by atoms with Crippen molar-refractivity contribution in [3.8, 4) is 17.2 Å². The first-order valence-electron chi connectivity index (χ1n) is 11.6. The smallest absolute Gasteiger partial charge is 0.317 e. The highest BCUT2D eigenvalue weighted by molar-refractivity contribution is 5.69.